The summed E-state index contributed by atoms with van der Waals surface area (Å²) in [6.45, 7) is 1.87. The van der Waals surface area contributed by atoms with Gasteiger partial charge in [-0.15, -0.1) is 13.2 Å². The van der Waals surface area contributed by atoms with Crippen LogP contribution in [0.1, 0.15) is 5.56 Å². The summed E-state index contributed by atoms with van der Waals surface area (Å²) in [5.41, 5.74) is 2.75. The van der Waals surface area contributed by atoms with Gasteiger partial charge in [-0.1, -0.05) is 29.8 Å². The number of ether oxygens (including phenoxy) is 1. The van der Waals surface area contributed by atoms with Gasteiger partial charge in [-0.05, 0) is 55.5 Å². The highest BCUT2D eigenvalue weighted by Gasteiger charge is 2.31. The van der Waals surface area contributed by atoms with E-state index in [9.17, 15) is 21.6 Å². The lowest BCUT2D eigenvalue weighted by molar-refractivity contribution is -0.274. The van der Waals surface area contributed by atoms with E-state index in [-0.39, 0.29) is 10.6 Å². The van der Waals surface area contributed by atoms with Crippen LogP contribution in [0.3, 0.4) is 0 Å². The Balaban J connectivity index is 1.41. The van der Waals surface area contributed by atoms with Crippen LogP contribution in [0.5, 0.6) is 5.75 Å². The van der Waals surface area contributed by atoms with Crippen molar-refractivity contribution in [2.45, 2.75) is 18.2 Å². The fourth-order valence-corrected chi connectivity index (χ4v) is 4.15. The van der Waals surface area contributed by atoms with E-state index in [1.54, 1.807) is 42.5 Å². The second-order valence-electron chi connectivity index (χ2n) is 7.48. The minimum absolute atomic E-state index is 0.163. The normalized spacial score (nSPS) is 11.7. The second-order valence-corrected chi connectivity index (χ2v) is 9.17. The summed E-state index contributed by atoms with van der Waals surface area (Å²) >= 11 is 0. The van der Waals surface area contributed by atoms with Crippen molar-refractivity contribution in [1.29, 1.82) is 0 Å². The van der Waals surface area contributed by atoms with Crippen LogP contribution in [0, 0.1) is 6.92 Å². The van der Waals surface area contributed by atoms with Gasteiger partial charge in [-0.2, -0.15) is 0 Å². The van der Waals surface area contributed by atoms with Crippen LogP contribution in [0.25, 0.3) is 11.3 Å². The molecule has 1 heterocycles. The van der Waals surface area contributed by atoms with Gasteiger partial charge in [0.25, 0.3) is 10.0 Å². The van der Waals surface area contributed by atoms with E-state index in [1.165, 1.54) is 42.7 Å². The zero-order chi connectivity index (χ0) is 25.1. The zero-order valence-corrected chi connectivity index (χ0v) is 19.1. The van der Waals surface area contributed by atoms with E-state index >= 15 is 0 Å². The first-order chi connectivity index (χ1) is 16.6. The van der Waals surface area contributed by atoms with Gasteiger partial charge in [0.05, 0.1) is 23.0 Å². The molecule has 0 bridgehead atoms. The van der Waals surface area contributed by atoms with Crippen molar-refractivity contribution in [3.63, 3.8) is 0 Å². The van der Waals surface area contributed by atoms with E-state index in [1.807, 2.05) is 6.92 Å². The Labute approximate surface area is 199 Å². The highest BCUT2D eigenvalue weighted by molar-refractivity contribution is 7.92. The predicted molar refractivity (Wildman–Crippen MR) is 126 cm³/mol. The lowest BCUT2D eigenvalue weighted by atomic mass is 10.1. The number of nitrogens with one attached hydrogen (secondary N) is 2. The summed E-state index contributed by atoms with van der Waals surface area (Å²) in [5, 5.41) is 3.03. The molecular formula is C24H19F3N4O3S. The number of hydrogen-bond acceptors (Lipinski definition) is 6. The van der Waals surface area contributed by atoms with E-state index in [2.05, 4.69) is 24.7 Å². The minimum Gasteiger partial charge on any atom is -0.406 e. The van der Waals surface area contributed by atoms with Crippen LogP contribution in [0.4, 0.5) is 30.4 Å². The smallest absolute Gasteiger partial charge is 0.406 e. The lowest BCUT2D eigenvalue weighted by Gasteiger charge is -2.11. The van der Waals surface area contributed by atoms with Crippen LogP contribution in [0.2, 0.25) is 0 Å². The van der Waals surface area contributed by atoms with Crippen LogP contribution < -0.4 is 14.8 Å². The van der Waals surface area contributed by atoms with Crippen molar-refractivity contribution in [2.75, 3.05) is 10.0 Å². The Morgan fingerprint density at radius 1 is 0.857 bits per heavy atom. The number of rotatable bonds is 7. The van der Waals surface area contributed by atoms with Crippen molar-refractivity contribution < 1.29 is 26.3 Å². The molecule has 0 atom stereocenters. The van der Waals surface area contributed by atoms with Gasteiger partial charge in [0.1, 0.15) is 11.6 Å². The molecule has 0 radical (unpaired) electrons. The molecule has 11 heteroatoms. The SMILES string of the molecule is Cc1ccc(S(=O)(=O)Nc2ccc(Nc3cnc(-c4cccc(OC(F)(F)F)c4)cn3)cc2)cc1. The molecule has 0 fully saturated rings. The van der Waals surface area contributed by atoms with E-state index < -0.39 is 16.4 Å². The van der Waals surface area contributed by atoms with Gasteiger partial charge in [0, 0.05) is 16.9 Å². The van der Waals surface area contributed by atoms with Crippen LogP contribution in [-0.4, -0.2) is 24.7 Å². The molecule has 7 nitrogen and oxygen atoms in total. The number of nitrogens with zero attached hydrogens (tertiary/aromatic N) is 2. The van der Waals surface area contributed by atoms with Crippen molar-refractivity contribution in [1.82, 2.24) is 9.97 Å². The maximum atomic E-state index is 12.5. The maximum absolute atomic E-state index is 12.5. The monoisotopic (exact) mass is 500 g/mol. The number of hydrogen-bond donors (Lipinski definition) is 2. The summed E-state index contributed by atoms with van der Waals surface area (Å²) in [4.78, 5) is 8.63. The second kappa shape index (κ2) is 9.63. The number of alkyl halides is 3. The largest absolute Gasteiger partial charge is 0.573 e. The molecule has 35 heavy (non-hydrogen) atoms. The summed E-state index contributed by atoms with van der Waals surface area (Å²) in [5.74, 6) is 0.0431. The standard InChI is InChI=1S/C24H19F3N4O3S/c1-16-5-11-21(12-6-16)35(32,33)31-19-9-7-18(8-10-19)30-23-15-28-22(14-29-23)17-3-2-4-20(13-17)34-24(25,26)27/h2-15,31H,1H3,(H,29,30). The first-order valence-electron chi connectivity index (χ1n) is 10.2. The number of aromatic nitrogens is 2. The number of sulfonamides is 1. The molecule has 4 aromatic rings. The van der Waals surface area contributed by atoms with Crippen molar-refractivity contribution >= 4 is 27.2 Å². The van der Waals surface area contributed by atoms with Crippen molar-refractivity contribution in [3.8, 4) is 17.0 Å². The Morgan fingerprint density at radius 3 is 2.17 bits per heavy atom. The van der Waals surface area contributed by atoms with E-state index in [4.69, 9.17) is 0 Å². The molecule has 0 aliphatic rings. The molecular weight excluding hydrogens is 481 g/mol. The number of anilines is 3. The molecule has 0 amide bonds. The Kier molecular flexibility index (Phi) is 6.61. The first kappa shape index (κ1) is 24.0. The number of aryl methyl sites for hydroxylation is 1. The molecule has 0 aliphatic carbocycles. The summed E-state index contributed by atoms with van der Waals surface area (Å²) in [6.07, 6.45) is -1.94. The molecule has 0 spiro atoms. The third-order valence-electron chi connectivity index (χ3n) is 4.76. The molecule has 3 aromatic carbocycles. The van der Waals surface area contributed by atoms with Crippen LogP contribution >= 0.6 is 0 Å². The topological polar surface area (TPSA) is 93.2 Å². The average molecular weight is 501 g/mol. The van der Waals surface area contributed by atoms with Crippen molar-refractivity contribution in [2.24, 2.45) is 0 Å². The molecule has 0 saturated heterocycles. The first-order valence-corrected chi connectivity index (χ1v) is 11.7. The molecule has 0 aliphatic heterocycles. The third kappa shape index (κ3) is 6.48. The van der Waals surface area contributed by atoms with E-state index in [0.29, 0.717) is 28.5 Å². The summed E-state index contributed by atoms with van der Waals surface area (Å²) in [7, 11) is -3.71. The molecule has 0 unspecified atom stereocenters. The van der Waals surface area contributed by atoms with Crippen molar-refractivity contribution in [3.05, 3.63) is 90.8 Å². The Bertz CT molecular complexity index is 1410. The minimum atomic E-state index is -4.78. The van der Waals surface area contributed by atoms with Gasteiger partial charge in [0.15, 0.2) is 0 Å². The highest BCUT2D eigenvalue weighted by Crippen LogP contribution is 2.27. The Morgan fingerprint density at radius 2 is 1.54 bits per heavy atom. The third-order valence-corrected chi connectivity index (χ3v) is 6.15. The van der Waals surface area contributed by atoms with Gasteiger partial charge in [-0.25, -0.2) is 13.4 Å². The molecule has 1 aromatic heterocycles. The summed E-state index contributed by atoms with van der Waals surface area (Å²) < 4.78 is 68.8. The zero-order valence-electron chi connectivity index (χ0n) is 18.2. The molecule has 4 rings (SSSR count). The lowest BCUT2D eigenvalue weighted by Crippen LogP contribution is -2.17. The fraction of sp³-hybridized carbons (Fsp3) is 0.0833. The summed E-state index contributed by atoms with van der Waals surface area (Å²) in [6, 6.07) is 18.5. The van der Waals surface area contributed by atoms with E-state index in [0.717, 1.165) is 5.56 Å². The quantitative estimate of drug-likeness (QED) is 0.329. The predicted octanol–water partition coefficient (Wildman–Crippen LogP) is 5.90. The van der Waals surface area contributed by atoms with Gasteiger partial charge in [0.2, 0.25) is 0 Å². The number of benzene rings is 3. The van der Waals surface area contributed by atoms with Crippen LogP contribution in [-0.2, 0) is 10.0 Å². The highest BCUT2D eigenvalue weighted by atomic mass is 32.2. The van der Waals surface area contributed by atoms with Gasteiger partial charge < -0.3 is 10.1 Å². The molecule has 0 saturated carbocycles. The maximum Gasteiger partial charge on any atom is 0.573 e. The van der Waals surface area contributed by atoms with Crippen LogP contribution in [0.15, 0.2) is 90.1 Å². The molecule has 180 valence electrons. The Hall–Kier alpha value is -4.12. The average Bonchev–Trinajstić information content (AvgIpc) is 2.80. The fourth-order valence-electron chi connectivity index (χ4n) is 3.10. The molecule has 2 N–H and O–H groups in total. The number of halogens is 3. The van der Waals surface area contributed by atoms with Gasteiger partial charge in [-0.3, -0.25) is 9.71 Å². The van der Waals surface area contributed by atoms with Gasteiger partial charge >= 0.3 is 6.36 Å².